The van der Waals surface area contributed by atoms with E-state index in [-0.39, 0.29) is 5.54 Å². The van der Waals surface area contributed by atoms with Crippen molar-refractivity contribution in [1.29, 1.82) is 0 Å². The van der Waals surface area contributed by atoms with Gasteiger partial charge in [-0.1, -0.05) is 35.1 Å². The summed E-state index contributed by atoms with van der Waals surface area (Å²) in [5.41, 5.74) is 2.36. The molecule has 0 atom stereocenters. The first-order chi connectivity index (χ1) is 7.55. The summed E-state index contributed by atoms with van der Waals surface area (Å²) in [4.78, 5) is 0. The van der Waals surface area contributed by atoms with Crippen LogP contribution in [0, 0.1) is 6.92 Å². The van der Waals surface area contributed by atoms with E-state index in [2.05, 4.69) is 47.6 Å². The smallest absolute Gasteiger partial charge is 0.0978 e. The molecular formula is C13H17N3. The van der Waals surface area contributed by atoms with Crippen molar-refractivity contribution in [2.24, 2.45) is 10.3 Å². The van der Waals surface area contributed by atoms with Gasteiger partial charge in [-0.25, -0.2) is 0 Å². The van der Waals surface area contributed by atoms with Crippen LogP contribution in [0.15, 0.2) is 46.9 Å². The van der Waals surface area contributed by atoms with Crippen LogP contribution in [-0.2, 0) is 6.54 Å². The number of rotatable bonds is 2. The molecular weight excluding hydrogens is 198 g/mol. The largest absolute Gasteiger partial charge is 0.250 e. The Bertz CT molecular complexity index is 399. The number of benzene rings is 1. The molecule has 1 aromatic carbocycles. The van der Waals surface area contributed by atoms with Gasteiger partial charge in [0.2, 0.25) is 0 Å². The van der Waals surface area contributed by atoms with Crippen LogP contribution in [0.1, 0.15) is 25.0 Å². The molecule has 1 heterocycles. The van der Waals surface area contributed by atoms with Gasteiger partial charge in [0.15, 0.2) is 0 Å². The van der Waals surface area contributed by atoms with Gasteiger partial charge < -0.3 is 0 Å². The molecule has 0 fully saturated rings. The minimum absolute atomic E-state index is 0.163. The van der Waals surface area contributed by atoms with Crippen LogP contribution in [0.2, 0.25) is 0 Å². The zero-order chi connectivity index (χ0) is 11.6. The fourth-order valence-electron chi connectivity index (χ4n) is 1.47. The van der Waals surface area contributed by atoms with E-state index in [0.29, 0.717) is 0 Å². The zero-order valence-corrected chi connectivity index (χ0v) is 10.0. The highest BCUT2D eigenvalue weighted by Crippen LogP contribution is 2.19. The lowest BCUT2D eigenvalue weighted by Crippen LogP contribution is -2.21. The Hall–Kier alpha value is -1.64. The number of nitrogens with zero attached hydrogens (tertiary/aromatic N) is 3. The molecule has 3 nitrogen and oxygen atoms in total. The molecule has 0 N–H and O–H groups in total. The Morgan fingerprint density at radius 3 is 2.44 bits per heavy atom. The summed E-state index contributed by atoms with van der Waals surface area (Å²) >= 11 is 0. The molecule has 1 aromatic rings. The van der Waals surface area contributed by atoms with Crippen LogP contribution in [-0.4, -0.2) is 10.5 Å². The highest BCUT2D eigenvalue weighted by Gasteiger charge is 2.16. The van der Waals surface area contributed by atoms with E-state index in [0.717, 1.165) is 6.54 Å². The molecule has 1 aliphatic heterocycles. The highest BCUT2D eigenvalue weighted by molar-refractivity contribution is 5.21. The Labute approximate surface area is 96.5 Å². The SMILES string of the molecule is Cc1ccc(CN2C=CC(C)(C)N=N2)cc1. The van der Waals surface area contributed by atoms with Crippen LogP contribution in [0.25, 0.3) is 0 Å². The standard InChI is InChI=1S/C13H17N3/c1-11-4-6-12(7-5-11)10-16-9-8-13(2,3)14-15-16/h4-9H,10H2,1-3H3. The monoisotopic (exact) mass is 215 g/mol. The molecule has 0 saturated heterocycles. The quantitative estimate of drug-likeness (QED) is 0.742. The normalized spacial score (nSPS) is 17.8. The van der Waals surface area contributed by atoms with Crippen molar-refractivity contribution in [1.82, 2.24) is 5.01 Å². The van der Waals surface area contributed by atoms with Crippen LogP contribution < -0.4 is 0 Å². The lowest BCUT2D eigenvalue weighted by Gasteiger charge is -2.22. The third-order valence-electron chi connectivity index (χ3n) is 2.54. The maximum absolute atomic E-state index is 4.22. The molecule has 0 unspecified atom stereocenters. The van der Waals surface area contributed by atoms with E-state index >= 15 is 0 Å². The third-order valence-corrected chi connectivity index (χ3v) is 2.54. The van der Waals surface area contributed by atoms with Crippen LogP contribution in [0.5, 0.6) is 0 Å². The molecule has 16 heavy (non-hydrogen) atoms. The van der Waals surface area contributed by atoms with Gasteiger partial charge in [-0.05, 0) is 32.4 Å². The Balaban J connectivity index is 2.02. The minimum Gasteiger partial charge on any atom is -0.250 e. The first-order valence-corrected chi connectivity index (χ1v) is 5.49. The average Bonchev–Trinajstić information content (AvgIpc) is 2.24. The van der Waals surface area contributed by atoms with Crippen molar-refractivity contribution in [3.05, 3.63) is 47.7 Å². The van der Waals surface area contributed by atoms with Gasteiger partial charge in [-0.15, -0.1) is 0 Å². The molecule has 0 radical (unpaired) electrons. The predicted octanol–water partition coefficient (Wildman–Crippen LogP) is 3.47. The zero-order valence-electron chi connectivity index (χ0n) is 10.0. The average molecular weight is 215 g/mol. The maximum atomic E-state index is 4.22. The molecule has 3 heteroatoms. The molecule has 2 rings (SSSR count). The lowest BCUT2D eigenvalue weighted by molar-refractivity contribution is 0.320. The molecule has 0 saturated carbocycles. The van der Waals surface area contributed by atoms with Gasteiger partial charge in [-0.2, -0.15) is 5.11 Å². The second kappa shape index (κ2) is 4.08. The molecule has 0 aromatic heterocycles. The van der Waals surface area contributed by atoms with Crippen LogP contribution >= 0.6 is 0 Å². The third kappa shape index (κ3) is 2.69. The van der Waals surface area contributed by atoms with Crippen molar-refractivity contribution >= 4 is 0 Å². The Kier molecular flexibility index (Phi) is 2.77. The van der Waals surface area contributed by atoms with E-state index in [1.165, 1.54) is 11.1 Å². The van der Waals surface area contributed by atoms with Crippen LogP contribution in [0.3, 0.4) is 0 Å². The predicted molar refractivity (Wildman–Crippen MR) is 64.8 cm³/mol. The van der Waals surface area contributed by atoms with Crippen molar-refractivity contribution in [3.8, 4) is 0 Å². The summed E-state index contributed by atoms with van der Waals surface area (Å²) in [7, 11) is 0. The van der Waals surface area contributed by atoms with E-state index in [1.54, 1.807) is 0 Å². The molecule has 0 aliphatic carbocycles. The van der Waals surface area contributed by atoms with E-state index < -0.39 is 0 Å². The molecule has 84 valence electrons. The van der Waals surface area contributed by atoms with E-state index in [1.807, 2.05) is 25.1 Å². The summed E-state index contributed by atoms with van der Waals surface area (Å²) < 4.78 is 0. The van der Waals surface area contributed by atoms with E-state index in [4.69, 9.17) is 0 Å². The van der Waals surface area contributed by atoms with Crippen LogP contribution in [0.4, 0.5) is 0 Å². The van der Waals surface area contributed by atoms with Gasteiger partial charge in [0.1, 0.15) is 0 Å². The number of hydrogen-bond donors (Lipinski definition) is 0. The number of aryl methyl sites for hydroxylation is 1. The molecule has 0 bridgehead atoms. The summed E-state index contributed by atoms with van der Waals surface area (Å²) in [6.07, 6.45) is 4.06. The summed E-state index contributed by atoms with van der Waals surface area (Å²) in [5, 5.41) is 10.2. The van der Waals surface area contributed by atoms with Crippen molar-refractivity contribution in [2.45, 2.75) is 32.9 Å². The first-order valence-electron chi connectivity index (χ1n) is 5.49. The second-order valence-corrected chi connectivity index (χ2v) is 4.74. The lowest BCUT2D eigenvalue weighted by atomic mass is 10.1. The summed E-state index contributed by atoms with van der Waals surface area (Å²) in [6, 6.07) is 8.48. The van der Waals surface area contributed by atoms with Gasteiger partial charge >= 0.3 is 0 Å². The topological polar surface area (TPSA) is 28.0 Å². The summed E-state index contributed by atoms with van der Waals surface area (Å²) in [6.45, 7) is 6.94. The second-order valence-electron chi connectivity index (χ2n) is 4.74. The Morgan fingerprint density at radius 1 is 1.19 bits per heavy atom. The van der Waals surface area contributed by atoms with Gasteiger partial charge in [0, 0.05) is 6.20 Å². The molecule has 0 amide bonds. The highest BCUT2D eigenvalue weighted by atomic mass is 15.5. The minimum atomic E-state index is -0.163. The van der Waals surface area contributed by atoms with E-state index in [9.17, 15) is 0 Å². The Morgan fingerprint density at radius 2 is 1.88 bits per heavy atom. The fourth-order valence-corrected chi connectivity index (χ4v) is 1.47. The van der Waals surface area contributed by atoms with Gasteiger partial charge in [0.25, 0.3) is 0 Å². The molecule has 1 aliphatic rings. The van der Waals surface area contributed by atoms with Crippen molar-refractivity contribution < 1.29 is 0 Å². The van der Waals surface area contributed by atoms with Gasteiger partial charge in [0.05, 0.1) is 12.1 Å². The number of hydrogen-bond acceptors (Lipinski definition) is 3. The van der Waals surface area contributed by atoms with Gasteiger partial charge in [-0.3, -0.25) is 5.01 Å². The van der Waals surface area contributed by atoms with Crippen molar-refractivity contribution in [3.63, 3.8) is 0 Å². The molecule has 0 spiro atoms. The maximum Gasteiger partial charge on any atom is 0.0978 e. The van der Waals surface area contributed by atoms with Crippen molar-refractivity contribution in [2.75, 3.05) is 0 Å². The first kappa shape index (κ1) is 10.9. The fraction of sp³-hybridized carbons (Fsp3) is 0.385. The summed E-state index contributed by atoms with van der Waals surface area (Å²) in [5.74, 6) is 0.